The maximum absolute atomic E-state index is 13.8. The van der Waals surface area contributed by atoms with E-state index < -0.39 is 5.56 Å². The van der Waals surface area contributed by atoms with Crippen molar-refractivity contribution >= 4 is 16.7 Å². The zero-order valence-electron chi connectivity index (χ0n) is 21.9. The molecule has 0 atom stereocenters. The van der Waals surface area contributed by atoms with E-state index in [1.54, 1.807) is 0 Å². The molecule has 194 valence electrons. The van der Waals surface area contributed by atoms with Crippen molar-refractivity contribution in [3.05, 3.63) is 69.9 Å². The van der Waals surface area contributed by atoms with Crippen LogP contribution in [0.15, 0.2) is 47.3 Å². The molecule has 3 aliphatic rings. The molecule has 2 heterocycles. The monoisotopic (exact) mass is 499 g/mol. The van der Waals surface area contributed by atoms with Gasteiger partial charge in [-0.25, -0.2) is 0 Å². The minimum absolute atomic E-state index is 0.0731. The molecule has 1 amide bonds. The zero-order chi connectivity index (χ0) is 25.4. The Labute approximate surface area is 218 Å². The lowest BCUT2D eigenvalue weighted by atomic mass is 9.74. The summed E-state index contributed by atoms with van der Waals surface area (Å²) in [6, 6.07) is 15.1. The number of benzene rings is 2. The Morgan fingerprint density at radius 3 is 2.59 bits per heavy atom. The van der Waals surface area contributed by atoms with Crippen LogP contribution in [0.2, 0.25) is 0 Å². The largest absolute Gasteiger partial charge is 0.486 e. The summed E-state index contributed by atoms with van der Waals surface area (Å²) in [6.07, 6.45) is 9.27. The second kappa shape index (κ2) is 9.96. The van der Waals surface area contributed by atoms with Crippen LogP contribution < -0.4 is 10.3 Å². The number of carbonyl (C=O) groups excluding carboxylic acids is 1. The van der Waals surface area contributed by atoms with E-state index in [1.807, 2.05) is 9.47 Å². The Hall–Kier alpha value is -3.15. The van der Waals surface area contributed by atoms with Gasteiger partial charge in [0.05, 0.1) is 6.61 Å². The maximum Gasteiger partial charge on any atom is 0.316 e. The summed E-state index contributed by atoms with van der Waals surface area (Å²) >= 11 is 0. The third-order valence-corrected chi connectivity index (χ3v) is 8.64. The van der Waals surface area contributed by atoms with Gasteiger partial charge in [-0.05, 0) is 54.4 Å². The predicted molar refractivity (Wildman–Crippen MR) is 145 cm³/mol. The van der Waals surface area contributed by atoms with E-state index in [1.165, 1.54) is 29.2 Å². The number of amides is 1. The Morgan fingerprint density at radius 1 is 1.03 bits per heavy atom. The molecule has 0 spiro atoms. The highest BCUT2D eigenvalue weighted by molar-refractivity contribution is 5.96. The number of hydrogen-bond donors (Lipinski definition) is 0. The van der Waals surface area contributed by atoms with Crippen LogP contribution in [0, 0.1) is 5.92 Å². The highest BCUT2D eigenvalue weighted by Crippen LogP contribution is 2.46. The molecule has 0 N–H and O–H groups in total. The molecular weight excluding hydrogens is 462 g/mol. The molecule has 6 nitrogen and oxygen atoms in total. The van der Waals surface area contributed by atoms with Crippen LogP contribution in [0.4, 0.5) is 0 Å². The van der Waals surface area contributed by atoms with Gasteiger partial charge < -0.3 is 14.2 Å². The lowest BCUT2D eigenvalue weighted by Gasteiger charge is -2.35. The average molecular weight is 500 g/mol. The molecule has 2 aromatic carbocycles. The van der Waals surface area contributed by atoms with E-state index in [9.17, 15) is 9.59 Å². The number of carbonyl (C=O) groups is 1. The topological polar surface area (TPSA) is 64.4 Å². The first-order chi connectivity index (χ1) is 18.1. The average Bonchev–Trinajstić information content (AvgIpc) is 3.61. The van der Waals surface area contributed by atoms with Gasteiger partial charge in [0.25, 0.3) is 5.91 Å². The van der Waals surface area contributed by atoms with E-state index in [2.05, 4.69) is 54.4 Å². The van der Waals surface area contributed by atoms with Crippen LogP contribution in [0.25, 0.3) is 10.8 Å². The first-order valence-corrected chi connectivity index (χ1v) is 14.1. The number of ether oxygens (including phenoxy) is 1. The molecule has 2 fully saturated rings. The van der Waals surface area contributed by atoms with E-state index in [4.69, 9.17) is 4.74 Å². The SMILES string of the molecule is CCCCOc1c2n(c(CC3(c4cccc5ccccc45)CCCC3)nc1=O)CCN(CC1CC1)C2=O. The third kappa shape index (κ3) is 4.55. The predicted octanol–water partition coefficient (Wildman–Crippen LogP) is 5.50. The van der Waals surface area contributed by atoms with E-state index >= 15 is 0 Å². The number of nitrogens with zero attached hydrogens (tertiary/aromatic N) is 3. The van der Waals surface area contributed by atoms with Crippen molar-refractivity contribution in [3.8, 4) is 5.75 Å². The van der Waals surface area contributed by atoms with Crippen molar-refractivity contribution in [3.63, 3.8) is 0 Å². The van der Waals surface area contributed by atoms with Gasteiger partial charge in [0.2, 0.25) is 5.75 Å². The van der Waals surface area contributed by atoms with Crippen molar-refractivity contribution in [2.24, 2.45) is 5.92 Å². The van der Waals surface area contributed by atoms with Crippen molar-refractivity contribution in [1.82, 2.24) is 14.5 Å². The summed E-state index contributed by atoms with van der Waals surface area (Å²) in [5.74, 6) is 1.41. The highest BCUT2D eigenvalue weighted by Gasteiger charge is 2.40. The molecule has 1 aromatic heterocycles. The Kier molecular flexibility index (Phi) is 6.51. The minimum atomic E-state index is -0.398. The molecule has 37 heavy (non-hydrogen) atoms. The molecule has 6 heteroatoms. The van der Waals surface area contributed by atoms with Gasteiger partial charge in [0, 0.05) is 31.5 Å². The summed E-state index contributed by atoms with van der Waals surface area (Å²) in [5.41, 5.74) is 1.27. The van der Waals surface area contributed by atoms with Gasteiger partial charge in [-0.2, -0.15) is 4.98 Å². The molecular formula is C31H37N3O3. The van der Waals surface area contributed by atoms with Crippen LogP contribution in [0.5, 0.6) is 5.75 Å². The molecule has 2 aliphatic carbocycles. The molecule has 0 saturated heterocycles. The molecule has 3 aromatic rings. The normalized spacial score (nSPS) is 18.8. The van der Waals surface area contributed by atoms with Crippen molar-refractivity contribution in [2.75, 3.05) is 19.7 Å². The number of fused-ring (bicyclic) bond motifs is 2. The number of aromatic nitrogens is 2. The summed E-state index contributed by atoms with van der Waals surface area (Å²) in [7, 11) is 0. The lowest BCUT2D eigenvalue weighted by molar-refractivity contribution is 0.0681. The fraction of sp³-hybridized carbons (Fsp3) is 0.516. The van der Waals surface area contributed by atoms with E-state index in [-0.39, 0.29) is 17.1 Å². The number of hydrogen-bond acceptors (Lipinski definition) is 4. The smallest absolute Gasteiger partial charge is 0.316 e. The number of rotatable bonds is 9. The van der Waals surface area contributed by atoms with Crippen molar-refractivity contribution in [1.29, 1.82) is 0 Å². The minimum Gasteiger partial charge on any atom is -0.486 e. The van der Waals surface area contributed by atoms with Crippen LogP contribution >= 0.6 is 0 Å². The van der Waals surface area contributed by atoms with E-state index in [0.29, 0.717) is 37.7 Å². The van der Waals surface area contributed by atoms with Gasteiger partial charge in [0.15, 0.2) is 5.69 Å². The van der Waals surface area contributed by atoms with Crippen molar-refractivity contribution in [2.45, 2.75) is 76.7 Å². The van der Waals surface area contributed by atoms with Crippen LogP contribution in [-0.4, -0.2) is 40.1 Å². The van der Waals surface area contributed by atoms with Crippen LogP contribution in [-0.2, 0) is 18.4 Å². The molecule has 1 aliphatic heterocycles. The van der Waals surface area contributed by atoms with Gasteiger partial charge >= 0.3 is 5.56 Å². The maximum atomic E-state index is 13.8. The summed E-state index contributed by atoms with van der Waals surface area (Å²) in [5, 5.41) is 2.52. The molecule has 0 radical (unpaired) electrons. The van der Waals surface area contributed by atoms with E-state index in [0.717, 1.165) is 50.9 Å². The molecule has 0 bridgehead atoms. The summed E-state index contributed by atoms with van der Waals surface area (Å²) in [6.45, 7) is 4.61. The molecule has 2 saturated carbocycles. The number of unbranched alkanes of at least 4 members (excludes halogenated alkanes) is 1. The Balaban J connectivity index is 1.44. The van der Waals surface area contributed by atoms with Crippen LogP contribution in [0.1, 0.15) is 80.2 Å². The quantitative estimate of drug-likeness (QED) is 0.365. The van der Waals surface area contributed by atoms with Gasteiger partial charge in [-0.1, -0.05) is 68.7 Å². The van der Waals surface area contributed by atoms with Crippen LogP contribution in [0.3, 0.4) is 0 Å². The van der Waals surface area contributed by atoms with Gasteiger partial charge in [-0.3, -0.25) is 9.59 Å². The van der Waals surface area contributed by atoms with Gasteiger partial charge in [-0.15, -0.1) is 0 Å². The molecule has 0 unspecified atom stereocenters. The third-order valence-electron chi connectivity index (χ3n) is 8.64. The second-order valence-corrected chi connectivity index (χ2v) is 11.3. The fourth-order valence-corrected chi connectivity index (χ4v) is 6.46. The first-order valence-electron chi connectivity index (χ1n) is 14.1. The summed E-state index contributed by atoms with van der Waals surface area (Å²) in [4.78, 5) is 33.7. The fourth-order valence-electron chi connectivity index (χ4n) is 6.46. The summed E-state index contributed by atoms with van der Waals surface area (Å²) < 4.78 is 7.99. The first kappa shape index (κ1) is 24.2. The van der Waals surface area contributed by atoms with Gasteiger partial charge in [0.1, 0.15) is 5.82 Å². The standard InChI is InChI=1S/C31H37N3O3/c1-2-3-19-37-28-27-30(36)33(21-22-13-14-22)17-18-34(27)26(32-29(28)35)20-31(15-6-7-16-31)25-12-8-10-23-9-4-5-11-24(23)25/h4-5,8-12,22H,2-3,6-7,13-21H2,1H3. The van der Waals surface area contributed by atoms with Crippen molar-refractivity contribution < 1.29 is 9.53 Å². The second-order valence-electron chi connectivity index (χ2n) is 11.3. The Morgan fingerprint density at radius 2 is 1.81 bits per heavy atom. The molecule has 6 rings (SSSR count). The Bertz CT molecular complexity index is 1360. The lowest BCUT2D eigenvalue weighted by Crippen LogP contribution is -2.45. The highest BCUT2D eigenvalue weighted by atomic mass is 16.5. The zero-order valence-corrected chi connectivity index (χ0v) is 21.9.